The molecule has 0 aliphatic carbocycles. The molecule has 25 heavy (non-hydrogen) atoms. The molecule has 0 radical (unpaired) electrons. The highest BCUT2D eigenvalue weighted by atomic mass is 32.2. The molecule has 0 atom stereocenters. The van der Waals surface area contributed by atoms with Crippen LogP contribution in [0, 0.1) is 18.3 Å². The van der Waals surface area contributed by atoms with Gasteiger partial charge in [0.15, 0.2) is 0 Å². The van der Waals surface area contributed by atoms with Crippen LogP contribution in [0.3, 0.4) is 0 Å². The molecule has 6 nitrogen and oxygen atoms in total. The molecular formula is C18H14N6S. The van der Waals surface area contributed by atoms with Crippen molar-refractivity contribution in [2.75, 3.05) is 0 Å². The van der Waals surface area contributed by atoms with Gasteiger partial charge in [-0.05, 0) is 25.1 Å². The Morgan fingerprint density at radius 1 is 1.20 bits per heavy atom. The molecule has 4 aromatic heterocycles. The van der Waals surface area contributed by atoms with E-state index in [1.165, 1.54) is 0 Å². The second kappa shape index (κ2) is 6.07. The zero-order valence-corrected chi connectivity index (χ0v) is 14.5. The van der Waals surface area contributed by atoms with Gasteiger partial charge in [-0.3, -0.25) is 9.67 Å². The van der Waals surface area contributed by atoms with E-state index in [4.69, 9.17) is 0 Å². The summed E-state index contributed by atoms with van der Waals surface area (Å²) in [4.78, 5) is 6.14. The van der Waals surface area contributed by atoms with Crippen LogP contribution in [0.1, 0.15) is 11.3 Å². The molecular weight excluding hydrogens is 332 g/mol. The lowest BCUT2D eigenvalue weighted by Gasteiger charge is -2.09. The lowest BCUT2D eigenvalue weighted by atomic mass is 10.1. The number of rotatable bonds is 3. The molecule has 0 fully saturated rings. The molecule has 4 aromatic rings. The molecule has 4 heterocycles. The summed E-state index contributed by atoms with van der Waals surface area (Å²) >= 11 is 1.57. The van der Waals surface area contributed by atoms with Gasteiger partial charge in [0.2, 0.25) is 0 Å². The Labute approximate surface area is 148 Å². The van der Waals surface area contributed by atoms with Crippen molar-refractivity contribution < 1.29 is 0 Å². The summed E-state index contributed by atoms with van der Waals surface area (Å²) in [7, 11) is 1.92. The Morgan fingerprint density at radius 3 is 2.76 bits per heavy atom. The van der Waals surface area contributed by atoms with Crippen molar-refractivity contribution in [3.63, 3.8) is 0 Å². The Bertz CT molecular complexity index is 1100. The average molecular weight is 346 g/mol. The number of pyridine rings is 2. The average Bonchev–Trinajstić information content (AvgIpc) is 3.19. The van der Waals surface area contributed by atoms with Gasteiger partial charge in [-0.1, -0.05) is 11.8 Å². The fraction of sp³-hybridized carbons (Fsp3) is 0.111. The SMILES string of the molecule is Cc1c(-c2cc(Sc3cccnc3)c3c(C#N)cnn3c2)cnn1C. The van der Waals surface area contributed by atoms with E-state index < -0.39 is 0 Å². The van der Waals surface area contributed by atoms with Gasteiger partial charge in [-0.2, -0.15) is 15.5 Å². The number of nitrogens with zero attached hydrogens (tertiary/aromatic N) is 6. The molecule has 0 saturated heterocycles. The van der Waals surface area contributed by atoms with Crippen molar-refractivity contribution in [3.8, 4) is 17.2 Å². The van der Waals surface area contributed by atoms with Crippen LogP contribution in [0.5, 0.6) is 0 Å². The lowest BCUT2D eigenvalue weighted by molar-refractivity contribution is 0.740. The first kappa shape index (κ1) is 15.4. The van der Waals surface area contributed by atoms with Gasteiger partial charge in [0.05, 0.1) is 23.5 Å². The maximum atomic E-state index is 9.41. The van der Waals surface area contributed by atoms with Crippen molar-refractivity contribution >= 4 is 17.3 Å². The molecule has 122 valence electrons. The van der Waals surface area contributed by atoms with E-state index in [1.807, 2.05) is 49.4 Å². The highest BCUT2D eigenvalue weighted by Gasteiger charge is 2.15. The molecule has 0 amide bonds. The van der Waals surface area contributed by atoms with Gasteiger partial charge in [0, 0.05) is 52.3 Å². The smallest absolute Gasteiger partial charge is 0.103 e. The first-order valence-electron chi connectivity index (χ1n) is 7.65. The summed E-state index contributed by atoms with van der Waals surface area (Å²) in [6.45, 7) is 2.03. The van der Waals surface area contributed by atoms with E-state index in [9.17, 15) is 5.26 Å². The van der Waals surface area contributed by atoms with E-state index in [0.29, 0.717) is 5.56 Å². The summed E-state index contributed by atoms with van der Waals surface area (Å²) < 4.78 is 3.61. The van der Waals surface area contributed by atoms with Gasteiger partial charge in [0.25, 0.3) is 0 Å². The van der Waals surface area contributed by atoms with Gasteiger partial charge in [0.1, 0.15) is 6.07 Å². The third kappa shape index (κ3) is 2.66. The molecule has 0 aromatic carbocycles. The second-order valence-corrected chi connectivity index (χ2v) is 6.73. The highest BCUT2D eigenvalue weighted by Crippen LogP contribution is 2.35. The number of aromatic nitrogens is 5. The van der Waals surface area contributed by atoms with Gasteiger partial charge in [-0.15, -0.1) is 0 Å². The van der Waals surface area contributed by atoms with Crippen LogP contribution in [-0.2, 0) is 7.05 Å². The van der Waals surface area contributed by atoms with E-state index in [0.717, 1.165) is 32.1 Å². The third-order valence-electron chi connectivity index (χ3n) is 4.11. The highest BCUT2D eigenvalue weighted by molar-refractivity contribution is 7.99. The Kier molecular flexibility index (Phi) is 3.75. The summed E-state index contributed by atoms with van der Waals surface area (Å²) in [6, 6.07) is 8.20. The summed E-state index contributed by atoms with van der Waals surface area (Å²) in [5.41, 5.74) is 4.50. The van der Waals surface area contributed by atoms with Crippen molar-refractivity contribution in [2.45, 2.75) is 16.7 Å². The lowest BCUT2D eigenvalue weighted by Crippen LogP contribution is -1.95. The molecule has 0 aliphatic rings. The van der Waals surface area contributed by atoms with E-state index in [-0.39, 0.29) is 0 Å². The van der Waals surface area contributed by atoms with E-state index >= 15 is 0 Å². The van der Waals surface area contributed by atoms with Crippen molar-refractivity contribution in [2.24, 2.45) is 7.05 Å². The summed E-state index contributed by atoms with van der Waals surface area (Å²) in [6.07, 6.45) is 8.94. The maximum absolute atomic E-state index is 9.41. The van der Waals surface area contributed by atoms with Crippen LogP contribution in [-0.4, -0.2) is 24.4 Å². The molecule has 4 rings (SSSR count). The van der Waals surface area contributed by atoms with Gasteiger partial charge >= 0.3 is 0 Å². The normalized spacial score (nSPS) is 10.9. The molecule has 0 aliphatic heterocycles. The minimum Gasteiger partial charge on any atom is -0.272 e. The summed E-state index contributed by atoms with van der Waals surface area (Å²) in [5, 5.41) is 18.1. The van der Waals surface area contributed by atoms with Gasteiger partial charge in [-0.25, -0.2) is 4.52 Å². The minimum atomic E-state index is 0.556. The maximum Gasteiger partial charge on any atom is 0.103 e. The quantitative estimate of drug-likeness (QED) is 0.568. The van der Waals surface area contributed by atoms with Crippen LogP contribution in [0.25, 0.3) is 16.6 Å². The van der Waals surface area contributed by atoms with Crippen LogP contribution >= 0.6 is 11.8 Å². The number of hydrogen-bond acceptors (Lipinski definition) is 5. The molecule has 7 heteroatoms. The third-order valence-corrected chi connectivity index (χ3v) is 5.11. The van der Waals surface area contributed by atoms with Crippen LogP contribution < -0.4 is 0 Å². The molecule has 0 bridgehead atoms. The number of nitriles is 1. The van der Waals surface area contributed by atoms with Crippen molar-refractivity contribution in [1.29, 1.82) is 5.26 Å². The predicted octanol–water partition coefficient (Wildman–Crippen LogP) is 3.46. The van der Waals surface area contributed by atoms with Crippen LogP contribution in [0.2, 0.25) is 0 Å². The zero-order valence-electron chi connectivity index (χ0n) is 13.7. The monoisotopic (exact) mass is 346 g/mol. The van der Waals surface area contributed by atoms with E-state index in [1.54, 1.807) is 28.7 Å². The van der Waals surface area contributed by atoms with Crippen molar-refractivity contribution in [1.82, 2.24) is 24.4 Å². The topological polar surface area (TPSA) is 71.8 Å². The van der Waals surface area contributed by atoms with Crippen molar-refractivity contribution in [3.05, 3.63) is 60.4 Å². The number of aryl methyl sites for hydroxylation is 1. The Hall–Kier alpha value is -3.11. The molecule has 0 spiro atoms. The Balaban J connectivity index is 1.93. The molecule has 0 N–H and O–H groups in total. The second-order valence-electron chi connectivity index (χ2n) is 5.61. The summed E-state index contributed by atoms with van der Waals surface area (Å²) in [5.74, 6) is 0. The largest absolute Gasteiger partial charge is 0.272 e. The zero-order chi connectivity index (χ0) is 17.4. The number of hydrogen-bond donors (Lipinski definition) is 0. The minimum absolute atomic E-state index is 0.556. The molecule has 0 saturated carbocycles. The van der Waals surface area contributed by atoms with Crippen LogP contribution in [0.15, 0.2) is 59.0 Å². The fourth-order valence-corrected chi connectivity index (χ4v) is 3.71. The molecule has 0 unspecified atom stereocenters. The fourth-order valence-electron chi connectivity index (χ4n) is 2.71. The standard InChI is InChI=1S/C18H14N6S/c1-12-16(10-21-23(12)2)13-6-17(25-15-4-3-5-20-9-15)18-14(7-19)8-22-24(18)11-13/h3-6,8-11H,1-2H3. The van der Waals surface area contributed by atoms with E-state index in [2.05, 4.69) is 27.3 Å². The van der Waals surface area contributed by atoms with Crippen LogP contribution in [0.4, 0.5) is 0 Å². The Morgan fingerprint density at radius 2 is 2.08 bits per heavy atom. The predicted molar refractivity (Wildman–Crippen MR) is 95.2 cm³/mol. The number of fused-ring (bicyclic) bond motifs is 1. The van der Waals surface area contributed by atoms with Gasteiger partial charge < -0.3 is 0 Å². The first-order valence-corrected chi connectivity index (χ1v) is 8.47. The first-order chi connectivity index (χ1) is 12.2.